The van der Waals surface area contributed by atoms with Crippen LogP contribution in [0.1, 0.15) is 22.3 Å². The molecule has 0 aliphatic rings. The molecule has 10 rings (SSSR count). The highest BCUT2D eigenvalue weighted by molar-refractivity contribution is 6.39. The number of rotatable bonds is 6. The van der Waals surface area contributed by atoms with Gasteiger partial charge in [0.25, 0.3) is 0 Å². The summed E-state index contributed by atoms with van der Waals surface area (Å²) in [6.07, 6.45) is 0. The van der Waals surface area contributed by atoms with Crippen LogP contribution in [0.15, 0.2) is 182 Å². The van der Waals surface area contributed by atoms with Gasteiger partial charge in [-0.15, -0.1) is 0 Å². The Morgan fingerprint density at radius 1 is 0.232 bits per heavy atom. The molecule has 0 saturated heterocycles. The average Bonchev–Trinajstić information content (AvgIpc) is 3.23. The second kappa shape index (κ2) is 13.4. The molecule has 0 fully saturated rings. The maximum atomic E-state index is 2.40. The van der Waals surface area contributed by atoms with Crippen molar-refractivity contribution in [1.82, 2.24) is 0 Å². The maximum absolute atomic E-state index is 2.40. The van der Waals surface area contributed by atoms with E-state index < -0.39 is 0 Å². The van der Waals surface area contributed by atoms with Crippen molar-refractivity contribution in [1.29, 1.82) is 0 Å². The summed E-state index contributed by atoms with van der Waals surface area (Å²) >= 11 is 0. The first-order chi connectivity index (χ1) is 27.4. The zero-order valence-corrected chi connectivity index (χ0v) is 32.2. The molecular weight excluding hydrogens is 677 g/mol. The van der Waals surface area contributed by atoms with E-state index >= 15 is 0 Å². The lowest BCUT2D eigenvalue weighted by Gasteiger charge is -2.27. The van der Waals surface area contributed by atoms with Crippen molar-refractivity contribution in [3.05, 3.63) is 204 Å². The molecule has 10 aromatic carbocycles. The van der Waals surface area contributed by atoms with Crippen molar-refractivity contribution in [2.24, 2.45) is 0 Å². The first-order valence-electron chi connectivity index (χ1n) is 19.5. The van der Waals surface area contributed by atoms with Gasteiger partial charge in [0, 0.05) is 34.1 Å². The highest BCUT2D eigenvalue weighted by atomic mass is 15.1. The van der Waals surface area contributed by atoms with Crippen LogP contribution in [0.3, 0.4) is 0 Å². The van der Waals surface area contributed by atoms with E-state index in [0.717, 1.165) is 34.1 Å². The summed E-state index contributed by atoms with van der Waals surface area (Å²) in [4.78, 5) is 4.76. The third-order valence-electron chi connectivity index (χ3n) is 11.5. The fraction of sp³-hybridized carbons (Fsp3) is 0.0741. The summed E-state index contributed by atoms with van der Waals surface area (Å²) in [7, 11) is 0. The van der Waals surface area contributed by atoms with Crippen molar-refractivity contribution in [2.75, 3.05) is 9.80 Å². The van der Waals surface area contributed by atoms with Gasteiger partial charge in [-0.25, -0.2) is 0 Å². The van der Waals surface area contributed by atoms with E-state index in [4.69, 9.17) is 0 Å². The van der Waals surface area contributed by atoms with Crippen molar-refractivity contribution < 1.29 is 0 Å². The van der Waals surface area contributed by atoms with E-state index in [1.54, 1.807) is 0 Å². The van der Waals surface area contributed by atoms with Crippen LogP contribution in [0.4, 0.5) is 34.1 Å². The van der Waals surface area contributed by atoms with E-state index in [0.29, 0.717) is 0 Å². The molecule has 2 nitrogen and oxygen atoms in total. The SMILES string of the molecule is Cc1ccc(N(c2ccc(C)cc2)c2ccc3c(c2)c2ccccc2c2c4ccc(N(c5ccc(C)cc5)c5ccc(C)cc5)cc4c4ccccc4c32)cc1. The van der Waals surface area contributed by atoms with Crippen LogP contribution in [-0.4, -0.2) is 0 Å². The quantitative estimate of drug-likeness (QED) is 0.158. The van der Waals surface area contributed by atoms with Crippen LogP contribution in [0, 0.1) is 27.7 Å². The smallest absolute Gasteiger partial charge is 0.0468 e. The van der Waals surface area contributed by atoms with Crippen molar-refractivity contribution >= 4 is 88.0 Å². The number of fused-ring (bicyclic) bond motifs is 11. The minimum atomic E-state index is 1.14. The minimum absolute atomic E-state index is 1.14. The Morgan fingerprint density at radius 3 is 0.786 bits per heavy atom. The van der Waals surface area contributed by atoms with Crippen LogP contribution in [-0.2, 0) is 0 Å². The van der Waals surface area contributed by atoms with Crippen LogP contribution < -0.4 is 9.80 Å². The van der Waals surface area contributed by atoms with Crippen molar-refractivity contribution in [3.8, 4) is 0 Å². The Morgan fingerprint density at radius 2 is 0.482 bits per heavy atom. The van der Waals surface area contributed by atoms with Crippen LogP contribution in [0.2, 0.25) is 0 Å². The summed E-state index contributed by atoms with van der Waals surface area (Å²) in [5, 5.41) is 12.7. The summed E-state index contributed by atoms with van der Waals surface area (Å²) in [6, 6.07) is 67.5. The molecule has 0 N–H and O–H groups in total. The molecule has 0 aromatic heterocycles. The lowest BCUT2D eigenvalue weighted by Crippen LogP contribution is -2.10. The number of hydrogen-bond acceptors (Lipinski definition) is 2. The van der Waals surface area contributed by atoms with E-state index in [9.17, 15) is 0 Å². The van der Waals surface area contributed by atoms with E-state index in [2.05, 4.69) is 219 Å². The summed E-state index contributed by atoms with van der Waals surface area (Å²) < 4.78 is 0. The highest BCUT2D eigenvalue weighted by Gasteiger charge is 2.20. The zero-order valence-electron chi connectivity index (χ0n) is 32.2. The summed E-state index contributed by atoms with van der Waals surface area (Å²) in [5.41, 5.74) is 11.8. The van der Waals surface area contributed by atoms with E-state index in [1.165, 1.54) is 76.1 Å². The standard InChI is InChI=1S/C54H42N2/c1-35-13-21-39(22-14-35)55(40-23-15-36(2)16-24-40)43-29-31-49-51(33-43)45-9-5-7-11-47(45)54-50-32-30-44(34-52(50)46-10-6-8-12-48(46)53(49)54)56(41-25-17-37(3)18-26-41)42-27-19-38(4)20-28-42/h5-34H,1-4H3. The maximum Gasteiger partial charge on any atom is 0.0468 e. The van der Waals surface area contributed by atoms with Gasteiger partial charge in [-0.2, -0.15) is 0 Å². The largest absolute Gasteiger partial charge is 0.310 e. The Labute approximate surface area is 328 Å². The fourth-order valence-electron chi connectivity index (χ4n) is 8.59. The molecule has 0 spiro atoms. The Bertz CT molecular complexity index is 2780. The second-order valence-corrected chi connectivity index (χ2v) is 15.3. The van der Waals surface area contributed by atoms with Gasteiger partial charge in [-0.3, -0.25) is 0 Å². The molecule has 2 heteroatoms. The number of hydrogen-bond donors (Lipinski definition) is 0. The molecule has 0 amide bonds. The molecule has 0 radical (unpaired) electrons. The van der Waals surface area contributed by atoms with Gasteiger partial charge in [0.15, 0.2) is 0 Å². The molecule has 0 aliphatic carbocycles. The molecule has 268 valence electrons. The topological polar surface area (TPSA) is 6.48 Å². The average molecular weight is 719 g/mol. The van der Waals surface area contributed by atoms with Gasteiger partial charge in [0.1, 0.15) is 0 Å². The third kappa shape index (κ3) is 5.65. The van der Waals surface area contributed by atoms with E-state index in [-0.39, 0.29) is 0 Å². The van der Waals surface area contributed by atoms with Gasteiger partial charge >= 0.3 is 0 Å². The Balaban J connectivity index is 1.25. The molecule has 0 atom stereocenters. The molecular formula is C54H42N2. The predicted octanol–water partition coefficient (Wildman–Crippen LogP) is 15.6. The lowest BCUT2D eigenvalue weighted by molar-refractivity contribution is 1.27. The van der Waals surface area contributed by atoms with Crippen molar-refractivity contribution in [3.63, 3.8) is 0 Å². The van der Waals surface area contributed by atoms with Gasteiger partial charge < -0.3 is 9.80 Å². The first-order valence-corrected chi connectivity index (χ1v) is 19.5. The third-order valence-corrected chi connectivity index (χ3v) is 11.5. The van der Waals surface area contributed by atoms with Crippen LogP contribution in [0.5, 0.6) is 0 Å². The fourth-order valence-corrected chi connectivity index (χ4v) is 8.59. The molecule has 10 aromatic rings. The molecule has 0 heterocycles. The molecule has 0 bridgehead atoms. The zero-order chi connectivity index (χ0) is 37.9. The van der Waals surface area contributed by atoms with Gasteiger partial charge in [0.05, 0.1) is 0 Å². The first kappa shape index (κ1) is 33.7. The molecule has 0 aliphatic heterocycles. The normalized spacial score (nSPS) is 11.6. The predicted molar refractivity (Wildman–Crippen MR) is 242 cm³/mol. The van der Waals surface area contributed by atoms with Gasteiger partial charge in [-0.1, -0.05) is 131 Å². The number of benzene rings is 10. The molecule has 0 unspecified atom stereocenters. The second-order valence-electron chi connectivity index (χ2n) is 15.3. The lowest BCUT2D eigenvalue weighted by atomic mass is 9.87. The molecule has 56 heavy (non-hydrogen) atoms. The van der Waals surface area contributed by atoms with E-state index in [1.807, 2.05) is 0 Å². The van der Waals surface area contributed by atoms with Gasteiger partial charge in [-0.05, 0) is 154 Å². The van der Waals surface area contributed by atoms with Crippen molar-refractivity contribution in [2.45, 2.75) is 27.7 Å². The van der Waals surface area contributed by atoms with Crippen LogP contribution >= 0.6 is 0 Å². The van der Waals surface area contributed by atoms with Gasteiger partial charge in [0.2, 0.25) is 0 Å². The Hall–Kier alpha value is -6.90. The highest BCUT2D eigenvalue weighted by Crippen LogP contribution is 2.47. The summed E-state index contributed by atoms with van der Waals surface area (Å²) in [5.74, 6) is 0. The number of anilines is 6. The number of aryl methyl sites for hydroxylation is 4. The monoisotopic (exact) mass is 718 g/mol. The Kier molecular flexibility index (Phi) is 8.08. The molecule has 0 saturated carbocycles. The minimum Gasteiger partial charge on any atom is -0.310 e. The van der Waals surface area contributed by atoms with Crippen LogP contribution in [0.25, 0.3) is 53.9 Å². The summed E-state index contributed by atoms with van der Waals surface area (Å²) in [6.45, 7) is 8.58. The number of nitrogens with zero attached hydrogens (tertiary/aromatic N) is 2.